The van der Waals surface area contributed by atoms with E-state index in [1.165, 1.54) is 5.56 Å². The Morgan fingerprint density at radius 3 is 3.00 bits per heavy atom. The third-order valence-electron chi connectivity index (χ3n) is 2.70. The number of anilines is 2. The molecular formula is C13H10BrN3. The van der Waals surface area contributed by atoms with Crippen LogP contribution in [-0.2, 0) is 0 Å². The number of hydrogen-bond acceptors (Lipinski definition) is 3. The van der Waals surface area contributed by atoms with Crippen molar-refractivity contribution in [2.24, 2.45) is 0 Å². The van der Waals surface area contributed by atoms with Crippen molar-refractivity contribution in [3.8, 4) is 0 Å². The van der Waals surface area contributed by atoms with Crippen molar-refractivity contribution < 1.29 is 0 Å². The third-order valence-corrected chi connectivity index (χ3v) is 3.34. The van der Waals surface area contributed by atoms with Gasteiger partial charge < -0.3 is 4.90 Å². The summed E-state index contributed by atoms with van der Waals surface area (Å²) in [7, 11) is 0. The zero-order chi connectivity index (χ0) is 11.7. The molecule has 3 rings (SSSR count). The molecule has 1 aliphatic heterocycles. The van der Waals surface area contributed by atoms with Crippen LogP contribution in [-0.4, -0.2) is 16.5 Å². The number of para-hydroxylation sites is 1. The summed E-state index contributed by atoms with van der Waals surface area (Å²) in [4.78, 5) is 10.6. The molecule has 84 valence electrons. The van der Waals surface area contributed by atoms with Gasteiger partial charge in [-0.1, -0.05) is 24.3 Å². The Bertz CT molecular complexity index is 566. The van der Waals surface area contributed by atoms with E-state index in [9.17, 15) is 0 Å². The van der Waals surface area contributed by atoms with Crippen LogP contribution in [0.5, 0.6) is 0 Å². The van der Waals surface area contributed by atoms with E-state index in [-0.39, 0.29) is 0 Å². The molecule has 0 unspecified atom stereocenters. The van der Waals surface area contributed by atoms with Gasteiger partial charge in [0, 0.05) is 23.4 Å². The van der Waals surface area contributed by atoms with Gasteiger partial charge in [-0.15, -0.1) is 0 Å². The molecule has 17 heavy (non-hydrogen) atoms. The largest absolute Gasteiger partial charge is 0.320 e. The molecule has 0 saturated heterocycles. The lowest BCUT2D eigenvalue weighted by Crippen LogP contribution is -2.21. The molecule has 0 radical (unpaired) electrons. The minimum absolute atomic E-state index is 0.814. The fraction of sp³-hybridized carbons (Fsp3) is 0.0769. The number of aromatic nitrogens is 2. The molecule has 0 aliphatic carbocycles. The summed E-state index contributed by atoms with van der Waals surface area (Å²) in [6.45, 7) is 0.814. The second-order valence-corrected chi connectivity index (χ2v) is 4.61. The van der Waals surface area contributed by atoms with E-state index in [1.807, 2.05) is 12.1 Å². The monoisotopic (exact) mass is 287 g/mol. The van der Waals surface area contributed by atoms with Gasteiger partial charge in [0.05, 0.1) is 11.9 Å². The molecule has 2 aromatic rings. The summed E-state index contributed by atoms with van der Waals surface area (Å²) in [6, 6.07) is 6.17. The van der Waals surface area contributed by atoms with E-state index in [1.54, 1.807) is 18.6 Å². The molecule has 1 aromatic heterocycles. The molecule has 0 atom stereocenters. The van der Waals surface area contributed by atoms with Crippen molar-refractivity contribution in [2.45, 2.75) is 0 Å². The van der Waals surface area contributed by atoms with Crippen LogP contribution >= 0.6 is 15.9 Å². The zero-order valence-corrected chi connectivity index (χ0v) is 10.6. The van der Waals surface area contributed by atoms with Crippen molar-refractivity contribution in [1.82, 2.24) is 9.97 Å². The molecule has 0 fully saturated rings. The summed E-state index contributed by atoms with van der Waals surface area (Å²) < 4.78 is 1.07. The standard InChI is InChI=1S/C13H10BrN3/c14-11-5-1-3-10-4-2-8-17(13(10)11)12-9-15-6-7-16-12/h1-7,9H,8H2. The number of nitrogens with zero attached hydrogens (tertiary/aromatic N) is 3. The topological polar surface area (TPSA) is 29.0 Å². The average Bonchev–Trinajstić information content (AvgIpc) is 2.39. The first-order valence-corrected chi connectivity index (χ1v) is 6.14. The predicted octanol–water partition coefficient (Wildman–Crippen LogP) is 3.40. The van der Waals surface area contributed by atoms with Crippen LogP contribution in [0.3, 0.4) is 0 Å². The van der Waals surface area contributed by atoms with Gasteiger partial charge in [-0.25, -0.2) is 4.98 Å². The van der Waals surface area contributed by atoms with Crippen LogP contribution in [0.4, 0.5) is 11.5 Å². The maximum atomic E-state index is 4.35. The predicted molar refractivity (Wildman–Crippen MR) is 72.2 cm³/mol. The highest BCUT2D eigenvalue weighted by atomic mass is 79.9. The van der Waals surface area contributed by atoms with Gasteiger partial charge in [0.15, 0.2) is 5.82 Å². The Labute approximate surface area is 108 Å². The van der Waals surface area contributed by atoms with Crippen molar-refractivity contribution in [3.05, 3.63) is 52.9 Å². The summed E-state index contributed by atoms with van der Waals surface area (Å²) >= 11 is 3.60. The van der Waals surface area contributed by atoms with E-state index in [0.29, 0.717) is 0 Å². The number of benzene rings is 1. The minimum Gasteiger partial charge on any atom is -0.320 e. The van der Waals surface area contributed by atoms with Crippen LogP contribution in [0.2, 0.25) is 0 Å². The van der Waals surface area contributed by atoms with Gasteiger partial charge in [-0.2, -0.15) is 0 Å². The summed E-state index contributed by atoms with van der Waals surface area (Å²) in [5.74, 6) is 0.866. The van der Waals surface area contributed by atoms with Crippen LogP contribution in [0.1, 0.15) is 5.56 Å². The Hall–Kier alpha value is -1.68. The quantitative estimate of drug-likeness (QED) is 0.805. The van der Waals surface area contributed by atoms with Crippen LogP contribution < -0.4 is 4.90 Å². The second kappa shape index (κ2) is 4.30. The maximum Gasteiger partial charge on any atom is 0.151 e. The maximum absolute atomic E-state index is 4.35. The molecule has 4 heteroatoms. The van der Waals surface area contributed by atoms with Crippen molar-refractivity contribution in [3.63, 3.8) is 0 Å². The van der Waals surface area contributed by atoms with Gasteiger partial charge >= 0.3 is 0 Å². The van der Waals surface area contributed by atoms with Crippen molar-refractivity contribution in [1.29, 1.82) is 0 Å². The molecule has 0 bridgehead atoms. The first-order valence-electron chi connectivity index (χ1n) is 5.35. The first-order chi connectivity index (χ1) is 8.36. The van der Waals surface area contributed by atoms with Gasteiger partial charge in [-0.3, -0.25) is 4.98 Å². The third kappa shape index (κ3) is 1.85. The zero-order valence-electron chi connectivity index (χ0n) is 9.05. The molecule has 0 amide bonds. The molecule has 0 spiro atoms. The van der Waals surface area contributed by atoms with E-state index >= 15 is 0 Å². The number of hydrogen-bond donors (Lipinski definition) is 0. The van der Waals surface area contributed by atoms with E-state index in [4.69, 9.17) is 0 Å². The van der Waals surface area contributed by atoms with Crippen molar-refractivity contribution >= 4 is 33.5 Å². The SMILES string of the molecule is Brc1cccc2c1N(c1cnccn1)CC=C2. The van der Waals surface area contributed by atoms with Gasteiger partial charge in [-0.05, 0) is 27.6 Å². The molecule has 0 N–H and O–H groups in total. The van der Waals surface area contributed by atoms with E-state index in [2.05, 4.69) is 49.0 Å². The van der Waals surface area contributed by atoms with E-state index in [0.717, 1.165) is 22.5 Å². The molecule has 3 nitrogen and oxygen atoms in total. The van der Waals surface area contributed by atoms with Crippen LogP contribution in [0.15, 0.2) is 47.3 Å². The lowest BCUT2D eigenvalue weighted by atomic mass is 10.1. The fourth-order valence-electron chi connectivity index (χ4n) is 1.97. The average molecular weight is 288 g/mol. The van der Waals surface area contributed by atoms with Gasteiger partial charge in [0.1, 0.15) is 0 Å². The Balaban J connectivity index is 2.14. The van der Waals surface area contributed by atoms with Gasteiger partial charge in [0.25, 0.3) is 0 Å². The van der Waals surface area contributed by atoms with E-state index < -0.39 is 0 Å². The number of rotatable bonds is 1. The summed E-state index contributed by atoms with van der Waals surface area (Å²) in [5.41, 5.74) is 2.34. The lowest BCUT2D eigenvalue weighted by molar-refractivity contribution is 1.01. The normalized spacial score (nSPS) is 13.6. The Morgan fingerprint density at radius 2 is 2.18 bits per heavy atom. The van der Waals surface area contributed by atoms with Crippen LogP contribution in [0.25, 0.3) is 6.08 Å². The molecule has 0 saturated carbocycles. The van der Waals surface area contributed by atoms with Crippen LogP contribution in [0, 0.1) is 0 Å². The van der Waals surface area contributed by atoms with Crippen molar-refractivity contribution in [2.75, 3.05) is 11.4 Å². The summed E-state index contributed by atoms with van der Waals surface area (Å²) in [6.07, 6.45) is 9.44. The molecule has 1 aromatic carbocycles. The smallest absolute Gasteiger partial charge is 0.151 e. The number of fused-ring (bicyclic) bond motifs is 1. The molecule has 2 heterocycles. The number of halogens is 1. The second-order valence-electron chi connectivity index (χ2n) is 3.75. The van der Waals surface area contributed by atoms with Gasteiger partial charge in [0.2, 0.25) is 0 Å². The Kier molecular flexibility index (Phi) is 2.65. The Morgan fingerprint density at radius 1 is 1.24 bits per heavy atom. The molecule has 1 aliphatic rings. The lowest BCUT2D eigenvalue weighted by Gasteiger charge is -2.27. The first kappa shape index (κ1) is 10.5. The highest BCUT2D eigenvalue weighted by Crippen LogP contribution is 2.36. The highest BCUT2D eigenvalue weighted by molar-refractivity contribution is 9.10. The summed E-state index contributed by atoms with van der Waals surface area (Å²) in [5, 5.41) is 0. The highest BCUT2D eigenvalue weighted by Gasteiger charge is 2.18. The molecular weight excluding hydrogens is 278 g/mol. The minimum atomic E-state index is 0.814. The fourth-order valence-corrected chi connectivity index (χ4v) is 2.56.